The number of carbonyl (C=O) groups excluding carboxylic acids is 2. The van der Waals surface area contributed by atoms with Gasteiger partial charge in [0.2, 0.25) is 11.8 Å². The topological polar surface area (TPSA) is 58.6 Å². The summed E-state index contributed by atoms with van der Waals surface area (Å²) in [6, 6.07) is 15.5. The number of aryl methyl sites for hydroxylation is 1. The van der Waals surface area contributed by atoms with Crippen molar-refractivity contribution in [1.82, 2.24) is 10.2 Å². The summed E-state index contributed by atoms with van der Waals surface area (Å²) >= 11 is 1.58. The molecule has 0 aliphatic heterocycles. The van der Waals surface area contributed by atoms with Crippen molar-refractivity contribution in [3.63, 3.8) is 0 Å². The van der Waals surface area contributed by atoms with Crippen molar-refractivity contribution < 1.29 is 14.3 Å². The van der Waals surface area contributed by atoms with E-state index < -0.39 is 6.04 Å². The summed E-state index contributed by atoms with van der Waals surface area (Å²) in [6.45, 7) is 8.40. The molecule has 0 saturated carbocycles. The van der Waals surface area contributed by atoms with Gasteiger partial charge in [0, 0.05) is 18.3 Å². The van der Waals surface area contributed by atoms with E-state index in [0.29, 0.717) is 18.7 Å². The van der Waals surface area contributed by atoms with E-state index in [1.54, 1.807) is 23.8 Å². The number of ether oxygens (including phenoxy) is 1. The molecule has 5 nitrogen and oxygen atoms in total. The summed E-state index contributed by atoms with van der Waals surface area (Å²) in [5.41, 5.74) is 3.35. The highest BCUT2D eigenvalue weighted by molar-refractivity contribution is 7.99. The normalized spacial score (nSPS) is 12.7. The van der Waals surface area contributed by atoms with Gasteiger partial charge < -0.3 is 15.0 Å². The Hall–Kier alpha value is -2.47. The summed E-state index contributed by atoms with van der Waals surface area (Å²) in [4.78, 5) is 28.0. The van der Waals surface area contributed by atoms with Crippen molar-refractivity contribution in [2.45, 2.75) is 64.9 Å². The minimum atomic E-state index is -0.512. The third kappa shape index (κ3) is 7.90. The molecular weight excluding hydrogens is 420 g/mol. The molecule has 0 unspecified atom stereocenters. The fourth-order valence-electron chi connectivity index (χ4n) is 3.47. The van der Waals surface area contributed by atoms with E-state index in [9.17, 15) is 9.59 Å². The van der Waals surface area contributed by atoms with Crippen molar-refractivity contribution in [3.05, 3.63) is 65.2 Å². The van der Waals surface area contributed by atoms with Crippen molar-refractivity contribution >= 4 is 23.6 Å². The summed E-state index contributed by atoms with van der Waals surface area (Å²) in [5, 5.41) is 3.05. The van der Waals surface area contributed by atoms with Gasteiger partial charge in [0.1, 0.15) is 11.8 Å². The quantitative estimate of drug-likeness (QED) is 0.490. The summed E-state index contributed by atoms with van der Waals surface area (Å²) in [6.07, 6.45) is 1.40. The smallest absolute Gasteiger partial charge is 0.243 e. The van der Waals surface area contributed by atoms with Gasteiger partial charge in [0.25, 0.3) is 0 Å². The molecule has 2 rings (SSSR count). The number of thioether (sulfide) groups is 1. The largest absolute Gasteiger partial charge is 0.497 e. The molecule has 2 amide bonds. The molecule has 32 heavy (non-hydrogen) atoms. The van der Waals surface area contributed by atoms with Gasteiger partial charge in [-0.25, -0.2) is 0 Å². The Balaban J connectivity index is 2.16. The Morgan fingerprint density at radius 1 is 1.06 bits per heavy atom. The molecule has 2 aromatic carbocycles. The highest BCUT2D eigenvalue weighted by Crippen LogP contribution is 2.20. The molecule has 0 aliphatic carbocycles. The maximum absolute atomic E-state index is 13.3. The van der Waals surface area contributed by atoms with Crippen LogP contribution in [0.25, 0.3) is 0 Å². The SMILES string of the molecule is CC[C@@H](C)NC(=O)[C@H](CC)N(Cc1cccc(OC)c1)C(=O)CSCc1cccc(C)c1. The van der Waals surface area contributed by atoms with Crippen molar-refractivity contribution in [2.24, 2.45) is 0 Å². The van der Waals surface area contributed by atoms with Crippen LogP contribution in [-0.2, 0) is 21.9 Å². The molecule has 0 heterocycles. The van der Waals surface area contributed by atoms with Gasteiger partial charge >= 0.3 is 0 Å². The predicted octanol–water partition coefficient (Wildman–Crippen LogP) is 4.96. The summed E-state index contributed by atoms with van der Waals surface area (Å²) in [7, 11) is 1.62. The Morgan fingerprint density at radius 2 is 1.78 bits per heavy atom. The first kappa shape index (κ1) is 25.8. The highest BCUT2D eigenvalue weighted by Gasteiger charge is 2.29. The van der Waals surface area contributed by atoms with E-state index in [1.165, 1.54) is 11.1 Å². The van der Waals surface area contributed by atoms with Crippen molar-refractivity contribution in [3.8, 4) is 5.75 Å². The third-order valence-electron chi connectivity index (χ3n) is 5.45. The van der Waals surface area contributed by atoms with E-state index in [0.717, 1.165) is 23.5 Å². The lowest BCUT2D eigenvalue weighted by atomic mass is 10.1. The van der Waals surface area contributed by atoms with Crippen LogP contribution in [0.4, 0.5) is 0 Å². The second-order valence-electron chi connectivity index (χ2n) is 8.10. The second kappa shape index (κ2) is 13.2. The fourth-order valence-corrected chi connectivity index (χ4v) is 4.33. The first-order valence-electron chi connectivity index (χ1n) is 11.2. The first-order valence-corrected chi connectivity index (χ1v) is 12.4. The minimum Gasteiger partial charge on any atom is -0.497 e. The summed E-state index contributed by atoms with van der Waals surface area (Å²) in [5.74, 6) is 1.70. The van der Waals surface area contributed by atoms with Gasteiger partial charge in [0.15, 0.2) is 0 Å². The van der Waals surface area contributed by atoms with Crippen LogP contribution < -0.4 is 10.1 Å². The number of rotatable bonds is 12. The predicted molar refractivity (Wildman–Crippen MR) is 133 cm³/mol. The number of benzene rings is 2. The van der Waals surface area contributed by atoms with Crippen LogP contribution in [0.1, 0.15) is 50.3 Å². The average molecular weight is 457 g/mol. The number of hydrogen-bond donors (Lipinski definition) is 1. The van der Waals surface area contributed by atoms with Gasteiger partial charge in [0.05, 0.1) is 12.9 Å². The molecule has 6 heteroatoms. The molecule has 174 valence electrons. The maximum atomic E-state index is 13.3. The highest BCUT2D eigenvalue weighted by atomic mass is 32.2. The Bertz CT molecular complexity index is 887. The molecule has 0 saturated heterocycles. The van der Waals surface area contributed by atoms with E-state index in [2.05, 4.69) is 30.4 Å². The molecular formula is C26H36N2O3S. The monoisotopic (exact) mass is 456 g/mol. The minimum absolute atomic E-state index is 0.0309. The van der Waals surface area contributed by atoms with E-state index in [4.69, 9.17) is 4.74 Å². The van der Waals surface area contributed by atoms with Crippen molar-refractivity contribution in [2.75, 3.05) is 12.9 Å². The Kier molecular flexibility index (Phi) is 10.6. The molecule has 0 fully saturated rings. The molecule has 0 aliphatic rings. The molecule has 2 aromatic rings. The fraction of sp³-hybridized carbons (Fsp3) is 0.462. The van der Waals surface area contributed by atoms with Gasteiger partial charge in [-0.2, -0.15) is 0 Å². The molecule has 1 N–H and O–H groups in total. The lowest BCUT2D eigenvalue weighted by Crippen LogP contribution is -2.51. The second-order valence-corrected chi connectivity index (χ2v) is 9.08. The van der Waals surface area contributed by atoms with Gasteiger partial charge in [-0.1, -0.05) is 55.8 Å². The lowest BCUT2D eigenvalue weighted by molar-refractivity contribution is -0.139. The maximum Gasteiger partial charge on any atom is 0.243 e. The van der Waals surface area contributed by atoms with Crippen LogP contribution in [0, 0.1) is 6.92 Å². The van der Waals surface area contributed by atoms with Crippen molar-refractivity contribution in [1.29, 1.82) is 0 Å². The number of nitrogens with zero attached hydrogens (tertiary/aromatic N) is 1. The molecule has 0 aromatic heterocycles. The third-order valence-corrected chi connectivity index (χ3v) is 6.44. The molecule has 0 bridgehead atoms. The Labute approximate surface area is 196 Å². The molecule has 0 radical (unpaired) electrons. The average Bonchev–Trinajstić information content (AvgIpc) is 2.78. The van der Waals surface area contributed by atoms with Gasteiger partial charge in [-0.3, -0.25) is 9.59 Å². The van der Waals surface area contributed by atoms with E-state index in [-0.39, 0.29) is 17.9 Å². The van der Waals surface area contributed by atoms with Crippen LogP contribution in [0.5, 0.6) is 5.75 Å². The van der Waals surface area contributed by atoms with Crippen LogP contribution in [0.2, 0.25) is 0 Å². The van der Waals surface area contributed by atoms with Crippen LogP contribution >= 0.6 is 11.8 Å². The number of hydrogen-bond acceptors (Lipinski definition) is 4. The standard InChI is InChI=1S/C26H36N2O3S/c1-6-20(4)27-26(30)24(7-2)28(16-21-11-9-13-23(15-21)31-5)25(29)18-32-17-22-12-8-10-19(3)14-22/h8-15,20,24H,6-7,16-18H2,1-5H3,(H,27,30)/t20-,24+/m1/s1. The molecule has 0 spiro atoms. The zero-order valence-electron chi connectivity index (χ0n) is 19.9. The lowest BCUT2D eigenvalue weighted by Gasteiger charge is -2.31. The summed E-state index contributed by atoms with van der Waals surface area (Å²) < 4.78 is 5.34. The van der Waals surface area contributed by atoms with Crippen LogP contribution in [-0.4, -0.2) is 41.7 Å². The zero-order valence-corrected chi connectivity index (χ0v) is 20.7. The van der Waals surface area contributed by atoms with Gasteiger partial charge in [-0.15, -0.1) is 11.8 Å². The number of amides is 2. The Morgan fingerprint density at radius 3 is 2.44 bits per heavy atom. The molecule has 2 atom stereocenters. The first-order chi connectivity index (χ1) is 15.4. The van der Waals surface area contributed by atoms with Crippen LogP contribution in [0.3, 0.4) is 0 Å². The van der Waals surface area contributed by atoms with Gasteiger partial charge in [-0.05, 0) is 49.9 Å². The number of methoxy groups -OCH3 is 1. The number of carbonyl (C=O) groups is 2. The van der Waals surface area contributed by atoms with E-state index >= 15 is 0 Å². The number of nitrogens with one attached hydrogen (secondary N) is 1. The zero-order chi connectivity index (χ0) is 23.5. The van der Waals surface area contributed by atoms with Crippen LogP contribution in [0.15, 0.2) is 48.5 Å². The van der Waals surface area contributed by atoms with E-state index in [1.807, 2.05) is 51.1 Å².